The Morgan fingerprint density at radius 3 is 3.00 bits per heavy atom. The number of nitrogens with zero attached hydrogens (tertiary/aromatic N) is 2. The average Bonchev–Trinajstić information content (AvgIpc) is 2.69. The van der Waals surface area contributed by atoms with Gasteiger partial charge in [-0.25, -0.2) is 9.78 Å². The number of para-hydroxylation sites is 2. The van der Waals surface area contributed by atoms with E-state index in [9.17, 15) is 9.90 Å². The predicted molar refractivity (Wildman–Crippen MR) is 82.5 cm³/mol. The molecule has 0 saturated heterocycles. The standard InChI is InChI=1S/C15H13BrN2O3/c16-10-8-11(15(19)20)14(17-9-10)18-6-3-7-21-13-5-2-1-4-12(13)18/h1-2,4-5,8-9H,3,6-7H2,(H,19,20). The van der Waals surface area contributed by atoms with Crippen molar-refractivity contribution in [2.45, 2.75) is 6.42 Å². The molecule has 1 N–H and O–H groups in total. The van der Waals surface area contributed by atoms with Crippen LogP contribution in [-0.2, 0) is 0 Å². The molecular formula is C15H13BrN2O3. The number of ether oxygens (including phenoxy) is 1. The van der Waals surface area contributed by atoms with E-state index >= 15 is 0 Å². The van der Waals surface area contributed by atoms with Gasteiger partial charge in [-0.15, -0.1) is 0 Å². The number of halogens is 1. The van der Waals surface area contributed by atoms with E-state index in [1.165, 1.54) is 0 Å². The van der Waals surface area contributed by atoms with E-state index in [2.05, 4.69) is 20.9 Å². The van der Waals surface area contributed by atoms with Crippen molar-refractivity contribution < 1.29 is 14.6 Å². The van der Waals surface area contributed by atoms with Gasteiger partial charge in [0.25, 0.3) is 0 Å². The third kappa shape index (κ3) is 2.71. The van der Waals surface area contributed by atoms with Crippen LogP contribution in [0.1, 0.15) is 16.8 Å². The van der Waals surface area contributed by atoms with Crippen LogP contribution in [0.25, 0.3) is 0 Å². The largest absolute Gasteiger partial charge is 0.491 e. The number of pyridine rings is 1. The number of hydrogen-bond donors (Lipinski definition) is 1. The Bertz CT molecular complexity index is 690. The zero-order chi connectivity index (χ0) is 14.8. The highest BCUT2D eigenvalue weighted by atomic mass is 79.9. The number of aromatic nitrogens is 1. The first-order valence-electron chi connectivity index (χ1n) is 6.55. The molecule has 0 aliphatic carbocycles. The van der Waals surface area contributed by atoms with Crippen molar-refractivity contribution in [3.8, 4) is 5.75 Å². The van der Waals surface area contributed by atoms with Gasteiger partial charge < -0.3 is 14.7 Å². The number of aromatic carboxylic acids is 1. The Balaban J connectivity index is 2.14. The van der Waals surface area contributed by atoms with Gasteiger partial charge in [0.2, 0.25) is 0 Å². The third-order valence-electron chi connectivity index (χ3n) is 3.26. The highest BCUT2D eigenvalue weighted by molar-refractivity contribution is 9.10. The highest BCUT2D eigenvalue weighted by Crippen LogP contribution is 2.36. The molecule has 1 aliphatic heterocycles. The lowest BCUT2D eigenvalue weighted by Crippen LogP contribution is -2.21. The van der Waals surface area contributed by atoms with Crippen molar-refractivity contribution in [1.29, 1.82) is 0 Å². The van der Waals surface area contributed by atoms with Crippen LogP contribution < -0.4 is 9.64 Å². The topological polar surface area (TPSA) is 62.7 Å². The number of carboxylic acid groups (broad SMARTS) is 1. The van der Waals surface area contributed by atoms with Crippen LogP contribution in [0.2, 0.25) is 0 Å². The first kappa shape index (κ1) is 13.9. The molecule has 3 rings (SSSR count). The molecule has 0 amide bonds. The predicted octanol–water partition coefficient (Wildman–Crippen LogP) is 3.46. The summed E-state index contributed by atoms with van der Waals surface area (Å²) in [5, 5.41) is 9.42. The fourth-order valence-electron chi connectivity index (χ4n) is 2.35. The molecule has 5 nitrogen and oxygen atoms in total. The van der Waals surface area contributed by atoms with Gasteiger partial charge in [-0.2, -0.15) is 0 Å². The van der Waals surface area contributed by atoms with Crippen LogP contribution >= 0.6 is 15.9 Å². The second-order valence-electron chi connectivity index (χ2n) is 4.65. The molecule has 0 radical (unpaired) electrons. The van der Waals surface area contributed by atoms with E-state index in [1.807, 2.05) is 29.2 Å². The molecule has 0 atom stereocenters. The summed E-state index contributed by atoms with van der Waals surface area (Å²) in [7, 11) is 0. The first-order chi connectivity index (χ1) is 10.2. The number of carbonyl (C=O) groups is 1. The summed E-state index contributed by atoms with van der Waals surface area (Å²) in [5.74, 6) is 0.182. The summed E-state index contributed by atoms with van der Waals surface area (Å²) in [6.07, 6.45) is 2.40. The molecule has 1 aromatic heterocycles. The molecular weight excluding hydrogens is 336 g/mol. The van der Waals surface area contributed by atoms with Crippen molar-refractivity contribution in [2.75, 3.05) is 18.1 Å². The molecule has 0 bridgehead atoms. The molecule has 1 aliphatic rings. The van der Waals surface area contributed by atoms with Crippen molar-refractivity contribution in [1.82, 2.24) is 4.98 Å². The van der Waals surface area contributed by atoms with E-state index < -0.39 is 5.97 Å². The van der Waals surface area contributed by atoms with Gasteiger partial charge in [0, 0.05) is 17.2 Å². The van der Waals surface area contributed by atoms with Gasteiger partial charge in [0.1, 0.15) is 17.1 Å². The van der Waals surface area contributed by atoms with Crippen LogP contribution in [-0.4, -0.2) is 29.2 Å². The maximum absolute atomic E-state index is 11.5. The van der Waals surface area contributed by atoms with Crippen molar-refractivity contribution in [3.63, 3.8) is 0 Å². The lowest BCUT2D eigenvalue weighted by Gasteiger charge is -2.24. The second kappa shape index (κ2) is 5.73. The van der Waals surface area contributed by atoms with Crippen molar-refractivity contribution >= 4 is 33.4 Å². The number of benzene rings is 1. The lowest BCUT2D eigenvalue weighted by atomic mass is 10.2. The Morgan fingerprint density at radius 1 is 1.38 bits per heavy atom. The first-order valence-corrected chi connectivity index (χ1v) is 7.34. The number of anilines is 2. The quantitative estimate of drug-likeness (QED) is 0.900. The van der Waals surface area contributed by atoms with Crippen molar-refractivity contribution in [3.05, 3.63) is 46.6 Å². The highest BCUT2D eigenvalue weighted by Gasteiger charge is 2.23. The zero-order valence-corrected chi connectivity index (χ0v) is 12.7. The molecule has 0 fully saturated rings. The van der Waals surface area contributed by atoms with Gasteiger partial charge in [-0.05, 0) is 40.5 Å². The van der Waals surface area contributed by atoms with E-state index in [0.717, 1.165) is 17.9 Å². The van der Waals surface area contributed by atoms with Gasteiger partial charge in [0.05, 0.1) is 12.3 Å². The molecule has 108 valence electrons. The molecule has 0 unspecified atom stereocenters. The molecule has 0 saturated carbocycles. The number of fused-ring (bicyclic) bond motifs is 1. The van der Waals surface area contributed by atoms with Gasteiger partial charge in [-0.3, -0.25) is 0 Å². The van der Waals surface area contributed by atoms with Gasteiger partial charge in [0.15, 0.2) is 0 Å². The second-order valence-corrected chi connectivity index (χ2v) is 5.57. The van der Waals surface area contributed by atoms with Crippen LogP contribution in [0.3, 0.4) is 0 Å². The van der Waals surface area contributed by atoms with Gasteiger partial charge >= 0.3 is 5.97 Å². The summed E-state index contributed by atoms with van der Waals surface area (Å²) < 4.78 is 6.34. The Morgan fingerprint density at radius 2 is 2.19 bits per heavy atom. The van der Waals surface area contributed by atoms with E-state index in [1.54, 1.807) is 12.3 Å². The van der Waals surface area contributed by atoms with Crippen molar-refractivity contribution in [2.24, 2.45) is 0 Å². The minimum atomic E-state index is -0.999. The Kier molecular flexibility index (Phi) is 3.79. The fourth-order valence-corrected chi connectivity index (χ4v) is 2.68. The summed E-state index contributed by atoms with van der Waals surface area (Å²) in [4.78, 5) is 17.7. The summed E-state index contributed by atoms with van der Waals surface area (Å²) in [6, 6.07) is 9.16. The number of carboxylic acids is 1. The van der Waals surface area contributed by atoms with Crippen LogP contribution in [0.15, 0.2) is 41.0 Å². The van der Waals surface area contributed by atoms with Gasteiger partial charge in [-0.1, -0.05) is 12.1 Å². The minimum absolute atomic E-state index is 0.168. The third-order valence-corrected chi connectivity index (χ3v) is 3.69. The summed E-state index contributed by atoms with van der Waals surface area (Å²) in [6.45, 7) is 1.26. The lowest BCUT2D eigenvalue weighted by molar-refractivity contribution is 0.0697. The molecule has 2 heterocycles. The van der Waals surface area contributed by atoms with Crippen LogP contribution in [0, 0.1) is 0 Å². The van der Waals surface area contributed by atoms with E-state index in [4.69, 9.17) is 4.74 Å². The maximum Gasteiger partial charge on any atom is 0.339 e. The fraction of sp³-hybridized carbons (Fsp3) is 0.200. The molecule has 0 spiro atoms. The van der Waals surface area contributed by atoms with E-state index in [-0.39, 0.29) is 5.56 Å². The number of rotatable bonds is 2. The molecule has 21 heavy (non-hydrogen) atoms. The number of hydrogen-bond acceptors (Lipinski definition) is 4. The maximum atomic E-state index is 11.5. The monoisotopic (exact) mass is 348 g/mol. The van der Waals surface area contributed by atoms with Crippen LogP contribution in [0.5, 0.6) is 5.75 Å². The smallest absolute Gasteiger partial charge is 0.339 e. The summed E-state index contributed by atoms with van der Waals surface area (Å²) >= 11 is 3.27. The molecule has 2 aromatic rings. The summed E-state index contributed by atoms with van der Waals surface area (Å²) in [5.41, 5.74) is 1.01. The Hall–Kier alpha value is -2.08. The normalized spacial score (nSPS) is 14.0. The Labute approximate surface area is 130 Å². The minimum Gasteiger partial charge on any atom is -0.491 e. The van der Waals surface area contributed by atoms with E-state index in [0.29, 0.717) is 23.4 Å². The SMILES string of the molecule is O=C(O)c1cc(Br)cnc1N1CCCOc2ccccc21. The molecule has 6 heteroatoms. The zero-order valence-electron chi connectivity index (χ0n) is 11.1. The molecule has 1 aromatic carbocycles. The average molecular weight is 349 g/mol. The van der Waals surface area contributed by atoms with Crippen LogP contribution in [0.4, 0.5) is 11.5 Å².